The summed E-state index contributed by atoms with van der Waals surface area (Å²) in [7, 11) is 0. The first kappa shape index (κ1) is 16.1. The summed E-state index contributed by atoms with van der Waals surface area (Å²) in [6.45, 7) is 4.66. The maximum atomic E-state index is 12.4. The quantitative estimate of drug-likeness (QED) is 0.940. The largest absolute Gasteiger partial charge is 0.492 e. The van der Waals surface area contributed by atoms with Crippen molar-refractivity contribution in [2.75, 3.05) is 24.6 Å². The summed E-state index contributed by atoms with van der Waals surface area (Å²) in [4.78, 5) is 26.1. The fourth-order valence-corrected chi connectivity index (χ4v) is 2.75. The molecule has 5 heteroatoms. The van der Waals surface area contributed by atoms with Crippen molar-refractivity contribution in [1.82, 2.24) is 5.32 Å². The Hall–Kier alpha value is -2.82. The van der Waals surface area contributed by atoms with Gasteiger partial charge in [-0.25, -0.2) is 0 Å². The van der Waals surface area contributed by atoms with E-state index in [0.717, 1.165) is 16.9 Å². The number of aryl methyl sites for hydroxylation is 2. The summed E-state index contributed by atoms with van der Waals surface area (Å²) in [6, 6.07) is 13.3. The molecule has 1 heterocycles. The normalized spacial score (nSPS) is 14.0. The molecule has 5 nitrogen and oxygen atoms in total. The van der Waals surface area contributed by atoms with E-state index in [9.17, 15) is 9.59 Å². The zero-order chi connectivity index (χ0) is 17.1. The number of ether oxygens (including phenoxy) is 1. The summed E-state index contributed by atoms with van der Waals surface area (Å²) in [5.41, 5.74) is 3.26. The molecule has 2 aromatic carbocycles. The first-order chi connectivity index (χ1) is 11.5. The minimum Gasteiger partial charge on any atom is -0.492 e. The fraction of sp³-hybridized carbons (Fsp3) is 0.263. The molecular formula is C19H20N2O3. The molecule has 0 radical (unpaired) electrons. The van der Waals surface area contributed by atoms with Crippen molar-refractivity contribution in [3.63, 3.8) is 0 Å². The van der Waals surface area contributed by atoms with Crippen LogP contribution in [-0.4, -0.2) is 31.5 Å². The van der Waals surface area contributed by atoms with E-state index in [1.54, 1.807) is 11.0 Å². The van der Waals surface area contributed by atoms with E-state index >= 15 is 0 Å². The zero-order valence-electron chi connectivity index (χ0n) is 13.8. The van der Waals surface area contributed by atoms with Gasteiger partial charge in [-0.15, -0.1) is 0 Å². The number of carbonyl (C=O) groups is 2. The number of hydrogen-bond donors (Lipinski definition) is 1. The van der Waals surface area contributed by atoms with E-state index in [1.165, 1.54) is 0 Å². The Balaban J connectivity index is 1.77. The third kappa shape index (κ3) is 3.40. The van der Waals surface area contributed by atoms with Crippen LogP contribution in [0, 0.1) is 13.8 Å². The molecule has 1 N–H and O–H groups in total. The standard InChI is InChI=1S/C19H20N2O3/c1-13-4-3-5-15(10-13)24-9-8-21-17-7-6-14(2)11-16(17)19(23)20-12-18(21)22/h3-7,10-11H,8-9,12H2,1-2H3,(H,20,23). The number of benzene rings is 2. The second kappa shape index (κ2) is 6.74. The molecule has 0 atom stereocenters. The number of carbonyl (C=O) groups excluding carboxylic acids is 2. The van der Waals surface area contributed by atoms with Crippen LogP contribution in [0.1, 0.15) is 21.5 Å². The van der Waals surface area contributed by atoms with Gasteiger partial charge in [-0.3, -0.25) is 9.59 Å². The minimum atomic E-state index is -0.218. The molecule has 0 saturated heterocycles. The maximum absolute atomic E-state index is 12.4. The molecule has 0 aliphatic carbocycles. The molecule has 0 bridgehead atoms. The highest BCUT2D eigenvalue weighted by Gasteiger charge is 2.26. The maximum Gasteiger partial charge on any atom is 0.253 e. The highest BCUT2D eigenvalue weighted by Crippen LogP contribution is 2.24. The topological polar surface area (TPSA) is 58.6 Å². The van der Waals surface area contributed by atoms with E-state index in [0.29, 0.717) is 24.4 Å². The molecule has 2 aromatic rings. The number of amides is 2. The van der Waals surface area contributed by atoms with Crippen LogP contribution >= 0.6 is 0 Å². The van der Waals surface area contributed by atoms with Gasteiger partial charge < -0.3 is 15.0 Å². The molecule has 0 spiro atoms. The smallest absolute Gasteiger partial charge is 0.253 e. The van der Waals surface area contributed by atoms with Gasteiger partial charge in [0, 0.05) is 0 Å². The van der Waals surface area contributed by atoms with Gasteiger partial charge >= 0.3 is 0 Å². The van der Waals surface area contributed by atoms with Crippen molar-refractivity contribution in [1.29, 1.82) is 0 Å². The predicted octanol–water partition coefficient (Wildman–Crippen LogP) is 2.46. The highest BCUT2D eigenvalue weighted by atomic mass is 16.5. The van der Waals surface area contributed by atoms with E-state index in [2.05, 4.69) is 5.32 Å². The van der Waals surface area contributed by atoms with Crippen LogP contribution in [0.4, 0.5) is 5.69 Å². The van der Waals surface area contributed by atoms with Gasteiger partial charge in [-0.05, 0) is 43.7 Å². The first-order valence-electron chi connectivity index (χ1n) is 7.93. The Kier molecular flexibility index (Phi) is 4.51. The van der Waals surface area contributed by atoms with Crippen molar-refractivity contribution >= 4 is 17.5 Å². The molecule has 124 valence electrons. The summed E-state index contributed by atoms with van der Waals surface area (Å²) < 4.78 is 5.75. The lowest BCUT2D eigenvalue weighted by atomic mass is 10.1. The Morgan fingerprint density at radius 1 is 1.08 bits per heavy atom. The van der Waals surface area contributed by atoms with Gasteiger partial charge in [0.2, 0.25) is 5.91 Å². The number of anilines is 1. The minimum absolute atomic E-state index is 0.00297. The molecule has 1 aliphatic heterocycles. The SMILES string of the molecule is Cc1cccc(OCCN2C(=O)CNC(=O)c3cc(C)ccc32)c1. The van der Waals surface area contributed by atoms with Crippen molar-refractivity contribution in [2.45, 2.75) is 13.8 Å². The Labute approximate surface area is 141 Å². The van der Waals surface area contributed by atoms with Gasteiger partial charge in [0.15, 0.2) is 0 Å². The van der Waals surface area contributed by atoms with E-state index in [-0.39, 0.29) is 18.4 Å². The summed E-state index contributed by atoms with van der Waals surface area (Å²) in [5.74, 6) is 0.415. The number of nitrogens with zero attached hydrogens (tertiary/aromatic N) is 1. The highest BCUT2D eigenvalue weighted by molar-refractivity contribution is 6.09. The second-order valence-corrected chi connectivity index (χ2v) is 5.91. The second-order valence-electron chi connectivity index (χ2n) is 5.91. The van der Waals surface area contributed by atoms with Crippen LogP contribution in [0.2, 0.25) is 0 Å². The molecule has 1 aliphatic rings. The Morgan fingerprint density at radius 2 is 1.88 bits per heavy atom. The third-order valence-electron chi connectivity index (χ3n) is 3.96. The van der Waals surface area contributed by atoms with Crippen molar-refractivity contribution < 1.29 is 14.3 Å². The van der Waals surface area contributed by atoms with Crippen LogP contribution < -0.4 is 15.0 Å². The molecule has 0 saturated carbocycles. The Bertz CT molecular complexity index is 786. The predicted molar refractivity (Wildman–Crippen MR) is 92.5 cm³/mol. The van der Waals surface area contributed by atoms with Gasteiger partial charge in [0.05, 0.1) is 24.3 Å². The van der Waals surface area contributed by atoms with Crippen LogP contribution in [0.15, 0.2) is 42.5 Å². The van der Waals surface area contributed by atoms with E-state index in [4.69, 9.17) is 4.74 Å². The van der Waals surface area contributed by atoms with E-state index < -0.39 is 0 Å². The number of fused-ring (bicyclic) bond motifs is 1. The zero-order valence-corrected chi connectivity index (χ0v) is 13.8. The van der Waals surface area contributed by atoms with Gasteiger partial charge in [0.25, 0.3) is 5.91 Å². The van der Waals surface area contributed by atoms with Crippen molar-refractivity contribution in [3.8, 4) is 5.75 Å². The average molecular weight is 324 g/mol. The van der Waals surface area contributed by atoms with Crippen molar-refractivity contribution in [3.05, 3.63) is 59.2 Å². The van der Waals surface area contributed by atoms with Crippen LogP contribution in [-0.2, 0) is 4.79 Å². The van der Waals surface area contributed by atoms with Crippen LogP contribution in [0.25, 0.3) is 0 Å². The number of hydrogen-bond acceptors (Lipinski definition) is 3. The average Bonchev–Trinajstić information content (AvgIpc) is 2.67. The van der Waals surface area contributed by atoms with Crippen LogP contribution in [0.5, 0.6) is 5.75 Å². The summed E-state index contributed by atoms with van der Waals surface area (Å²) in [6.07, 6.45) is 0. The fourth-order valence-electron chi connectivity index (χ4n) is 2.75. The Morgan fingerprint density at radius 3 is 2.67 bits per heavy atom. The lowest BCUT2D eigenvalue weighted by Crippen LogP contribution is -2.38. The lowest BCUT2D eigenvalue weighted by Gasteiger charge is -2.22. The first-order valence-corrected chi connectivity index (χ1v) is 7.93. The monoisotopic (exact) mass is 324 g/mol. The summed E-state index contributed by atoms with van der Waals surface area (Å²) in [5, 5.41) is 2.65. The molecular weight excluding hydrogens is 304 g/mol. The third-order valence-corrected chi connectivity index (χ3v) is 3.96. The van der Waals surface area contributed by atoms with E-state index in [1.807, 2.05) is 50.2 Å². The molecule has 24 heavy (non-hydrogen) atoms. The van der Waals surface area contributed by atoms with Crippen molar-refractivity contribution in [2.24, 2.45) is 0 Å². The number of nitrogens with one attached hydrogen (secondary N) is 1. The molecule has 0 fully saturated rings. The molecule has 0 aromatic heterocycles. The van der Waals surface area contributed by atoms with Gasteiger partial charge in [0.1, 0.15) is 12.4 Å². The lowest BCUT2D eigenvalue weighted by molar-refractivity contribution is -0.117. The number of rotatable bonds is 4. The molecule has 3 rings (SSSR count). The molecule has 2 amide bonds. The van der Waals surface area contributed by atoms with Crippen LogP contribution in [0.3, 0.4) is 0 Å². The van der Waals surface area contributed by atoms with Gasteiger partial charge in [-0.2, -0.15) is 0 Å². The summed E-state index contributed by atoms with van der Waals surface area (Å²) >= 11 is 0. The van der Waals surface area contributed by atoms with Gasteiger partial charge in [-0.1, -0.05) is 23.8 Å². The molecule has 0 unspecified atom stereocenters.